The second-order valence-electron chi connectivity index (χ2n) is 4.24. The van der Waals surface area contributed by atoms with Crippen molar-refractivity contribution in [3.63, 3.8) is 0 Å². The number of methoxy groups -OCH3 is 1. The highest BCUT2D eigenvalue weighted by Crippen LogP contribution is 2.14. The molecule has 0 aliphatic heterocycles. The lowest BCUT2D eigenvalue weighted by atomic mass is 10.1. The fourth-order valence-corrected chi connectivity index (χ4v) is 1.76. The molecule has 0 atom stereocenters. The normalized spacial score (nSPS) is 9.85. The van der Waals surface area contributed by atoms with Crippen LogP contribution in [0.3, 0.4) is 0 Å². The first-order valence-electron chi connectivity index (χ1n) is 6.16. The van der Waals surface area contributed by atoms with Crippen LogP contribution in [0, 0.1) is 10.9 Å². The summed E-state index contributed by atoms with van der Waals surface area (Å²) >= 11 is 0. The van der Waals surface area contributed by atoms with E-state index in [4.69, 9.17) is 15.7 Å². The van der Waals surface area contributed by atoms with Crippen LogP contribution in [-0.4, -0.2) is 12.9 Å². The first-order chi connectivity index (χ1) is 9.72. The van der Waals surface area contributed by atoms with Gasteiger partial charge in [0.15, 0.2) is 5.84 Å². The Kier molecular flexibility index (Phi) is 4.44. The lowest BCUT2D eigenvalue weighted by Gasteiger charge is -2.08. The molecule has 102 valence electrons. The first kappa shape index (κ1) is 13.7. The van der Waals surface area contributed by atoms with Gasteiger partial charge in [-0.15, -0.1) is 5.11 Å². The fraction of sp³-hybridized carbons (Fsp3) is 0.133. The van der Waals surface area contributed by atoms with E-state index in [0.717, 1.165) is 17.0 Å². The van der Waals surface area contributed by atoms with Crippen molar-refractivity contribution < 1.29 is 4.74 Å². The highest BCUT2D eigenvalue weighted by atomic mass is 16.5. The minimum Gasteiger partial charge on any atom is -0.497 e. The smallest absolute Gasteiger partial charge is 0.173 e. The Morgan fingerprint density at radius 2 is 1.75 bits per heavy atom. The third kappa shape index (κ3) is 3.41. The van der Waals surface area contributed by atoms with Gasteiger partial charge in [0.2, 0.25) is 0 Å². The standard InChI is InChI=1S/C15H16N4O/c1-20-14-8-2-11(3-9-14)10-18-13-6-4-12(5-7-13)15(16)19-17/h2-9,16-18H,10H2,1H3. The number of anilines is 1. The summed E-state index contributed by atoms with van der Waals surface area (Å²) in [6, 6.07) is 15.2. The van der Waals surface area contributed by atoms with E-state index in [1.807, 2.05) is 36.4 Å². The Labute approximate surface area is 117 Å². The summed E-state index contributed by atoms with van der Waals surface area (Å²) in [5.41, 5.74) is 9.55. The van der Waals surface area contributed by atoms with E-state index in [-0.39, 0.29) is 5.84 Å². The summed E-state index contributed by atoms with van der Waals surface area (Å²) in [4.78, 5) is 0. The summed E-state index contributed by atoms with van der Waals surface area (Å²) in [5, 5.41) is 13.8. The Morgan fingerprint density at radius 1 is 1.10 bits per heavy atom. The van der Waals surface area contributed by atoms with Gasteiger partial charge in [0.05, 0.1) is 7.11 Å². The second kappa shape index (κ2) is 6.47. The summed E-state index contributed by atoms with van der Waals surface area (Å²) in [6.45, 7) is 0.712. The fourth-order valence-electron chi connectivity index (χ4n) is 1.76. The molecular weight excluding hydrogens is 252 g/mol. The van der Waals surface area contributed by atoms with E-state index in [2.05, 4.69) is 10.4 Å². The largest absolute Gasteiger partial charge is 0.497 e. The number of ether oxygens (including phenoxy) is 1. The monoisotopic (exact) mass is 268 g/mol. The molecule has 5 heteroatoms. The Hall–Kier alpha value is -2.69. The molecule has 0 aromatic heterocycles. The molecule has 0 unspecified atom stereocenters. The molecule has 0 saturated heterocycles. The van der Waals surface area contributed by atoms with Crippen molar-refractivity contribution in [1.29, 1.82) is 10.9 Å². The maximum atomic E-state index is 7.44. The highest BCUT2D eigenvalue weighted by Gasteiger charge is 2.00. The van der Waals surface area contributed by atoms with Crippen LogP contribution in [0.4, 0.5) is 5.69 Å². The average Bonchev–Trinajstić information content (AvgIpc) is 2.53. The minimum absolute atomic E-state index is 0.0355. The number of nitrogens with zero attached hydrogens (tertiary/aromatic N) is 1. The molecule has 0 aliphatic carbocycles. The van der Waals surface area contributed by atoms with E-state index in [1.165, 1.54) is 0 Å². The van der Waals surface area contributed by atoms with Crippen molar-refractivity contribution >= 4 is 11.5 Å². The van der Waals surface area contributed by atoms with Crippen molar-refractivity contribution in [1.82, 2.24) is 0 Å². The van der Waals surface area contributed by atoms with Crippen LogP contribution < -0.4 is 10.1 Å². The molecule has 0 amide bonds. The Balaban J connectivity index is 1.96. The topological polar surface area (TPSA) is 81.3 Å². The molecule has 0 aliphatic rings. The highest BCUT2D eigenvalue weighted by molar-refractivity contribution is 5.96. The molecule has 0 radical (unpaired) electrons. The predicted octanol–water partition coefficient (Wildman–Crippen LogP) is 3.66. The van der Waals surface area contributed by atoms with Crippen LogP contribution >= 0.6 is 0 Å². The van der Waals surface area contributed by atoms with Crippen molar-refractivity contribution in [3.05, 3.63) is 59.7 Å². The lowest BCUT2D eigenvalue weighted by Crippen LogP contribution is -2.00. The van der Waals surface area contributed by atoms with Crippen molar-refractivity contribution in [2.45, 2.75) is 6.54 Å². The predicted molar refractivity (Wildman–Crippen MR) is 78.7 cm³/mol. The van der Waals surface area contributed by atoms with E-state index in [0.29, 0.717) is 12.1 Å². The summed E-state index contributed by atoms with van der Waals surface area (Å²) in [5.74, 6) is 0.808. The first-order valence-corrected chi connectivity index (χ1v) is 6.16. The summed E-state index contributed by atoms with van der Waals surface area (Å²) < 4.78 is 5.11. The van der Waals surface area contributed by atoms with Gasteiger partial charge in [0, 0.05) is 17.8 Å². The molecule has 2 rings (SSSR count). The number of hydrogen-bond donors (Lipinski definition) is 3. The summed E-state index contributed by atoms with van der Waals surface area (Å²) in [7, 11) is 1.65. The number of nitrogens with one attached hydrogen (secondary N) is 3. The maximum absolute atomic E-state index is 7.44. The SMILES string of the molecule is COc1ccc(CNc2ccc(C(=N)N=N)cc2)cc1. The zero-order valence-corrected chi connectivity index (χ0v) is 11.2. The van der Waals surface area contributed by atoms with E-state index >= 15 is 0 Å². The number of benzene rings is 2. The molecule has 0 heterocycles. The molecule has 5 nitrogen and oxygen atoms in total. The van der Waals surface area contributed by atoms with Gasteiger partial charge in [-0.2, -0.15) is 0 Å². The van der Waals surface area contributed by atoms with Gasteiger partial charge in [0.1, 0.15) is 5.75 Å². The number of hydrogen-bond acceptors (Lipinski definition) is 4. The van der Waals surface area contributed by atoms with Gasteiger partial charge in [0.25, 0.3) is 0 Å². The third-order valence-electron chi connectivity index (χ3n) is 2.93. The maximum Gasteiger partial charge on any atom is 0.173 e. The number of rotatable bonds is 5. The van der Waals surface area contributed by atoms with E-state index in [9.17, 15) is 0 Å². The molecule has 3 N–H and O–H groups in total. The van der Waals surface area contributed by atoms with Crippen LogP contribution in [0.25, 0.3) is 0 Å². The molecule has 0 spiro atoms. The van der Waals surface area contributed by atoms with Gasteiger partial charge in [-0.25, -0.2) is 5.53 Å². The third-order valence-corrected chi connectivity index (χ3v) is 2.93. The van der Waals surface area contributed by atoms with E-state index in [1.54, 1.807) is 19.2 Å². The molecule has 2 aromatic carbocycles. The summed E-state index contributed by atoms with van der Waals surface area (Å²) in [6.07, 6.45) is 0. The van der Waals surface area contributed by atoms with Crippen molar-refractivity contribution in [2.75, 3.05) is 12.4 Å². The molecule has 2 aromatic rings. The molecule has 0 fully saturated rings. The Bertz CT molecular complexity index is 590. The van der Waals surface area contributed by atoms with Crippen molar-refractivity contribution in [3.8, 4) is 5.75 Å². The minimum atomic E-state index is -0.0355. The van der Waals surface area contributed by atoms with Crippen LogP contribution in [0.2, 0.25) is 0 Å². The number of amidine groups is 1. The van der Waals surface area contributed by atoms with Gasteiger partial charge < -0.3 is 10.1 Å². The van der Waals surface area contributed by atoms with Crippen LogP contribution in [0.5, 0.6) is 5.75 Å². The van der Waals surface area contributed by atoms with Crippen LogP contribution in [0.15, 0.2) is 53.6 Å². The molecular formula is C15H16N4O. The lowest BCUT2D eigenvalue weighted by molar-refractivity contribution is 0.414. The van der Waals surface area contributed by atoms with Gasteiger partial charge in [-0.1, -0.05) is 12.1 Å². The van der Waals surface area contributed by atoms with Gasteiger partial charge >= 0.3 is 0 Å². The zero-order valence-electron chi connectivity index (χ0n) is 11.2. The van der Waals surface area contributed by atoms with Gasteiger partial charge in [-0.05, 0) is 42.0 Å². The molecule has 0 bridgehead atoms. The quantitative estimate of drug-likeness (QED) is 0.439. The van der Waals surface area contributed by atoms with Crippen LogP contribution in [-0.2, 0) is 6.54 Å². The molecule has 0 saturated carbocycles. The van der Waals surface area contributed by atoms with Gasteiger partial charge in [-0.3, -0.25) is 5.41 Å². The van der Waals surface area contributed by atoms with Crippen LogP contribution in [0.1, 0.15) is 11.1 Å². The van der Waals surface area contributed by atoms with Crippen molar-refractivity contribution in [2.24, 2.45) is 5.11 Å². The van der Waals surface area contributed by atoms with E-state index < -0.39 is 0 Å². The Morgan fingerprint density at radius 3 is 2.30 bits per heavy atom. The average molecular weight is 268 g/mol. The second-order valence-corrected chi connectivity index (χ2v) is 4.24. The molecule has 20 heavy (non-hydrogen) atoms. The zero-order chi connectivity index (χ0) is 14.4.